The monoisotopic (exact) mass is 399 g/mol. The van der Waals surface area contributed by atoms with Crippen LogP contribution in [0.25, 0.3) is 0 Å². The van der Waals surface area contributed by atoms with E-state index in [-0.39, 0.29) is 30.1 Å². The van der Waals surface area contributed by atoms with Gasteiger partial charge in [-0.1, -0.05) is 32.0 Å². The Balaban J connectivity index is 1.88. The third-order valence-electron chi connectivity index (χ3n) is 5.92. The summed E-state index contributed by atoms with van der Waals surface area (Å²) in [4.78, 5) is 54.0. The normalized spacial score (nSPS) is 30.0. The van der Waals surface area contributed by atoms with Crippen molar-refractivity contribution in [3.8, 4) is 0 Å². The molecule has 29 heavy (non-hydrogen) atoms. The van der Waals surface area contributed by atoms with Gasteiger partial charge in [-0.2, -0.15) is 0 Å². The van der Waals surface area contributed by atoms with Gasteiger partial charge in [0.25, 0.3) is 0 Å². The van der Waals surface area contributed by atoms with Crippen molar-refractivity contribution in [1.82, 2.24) is 10.2 Å². The molecule has 3 heterocycles. The van der Waals surface area contributed by atoms with Gasteiger partial charge in [-0.05, 0) is 18.4 Å². The Morgan fingerprint density at radius 1 is 1.24 bits per heavy atom. The van der Waals surface area contributed by atoms with E-state index in [1.165, 1.54) is 23.6 Å². The minimum Gasteiger partial charge on any atom is -0.450 e. The van der Waals surface area contributed by atoms with Crippen LogP contribution >= 0.6 is 0 Å². The van der Waals surface area contributed by atoms with Gasteiger partial charge in [-0.3, -0.25) is 24.1 Å². The zero-order valence-electron chi connectivity index (χ0n) is 17.0. The summed E-state index contributed by atoms with van der Waals surface area (Å²) in [5.41, 5.74) is -0.0203. The van der Waals surface area contributed by atoms with E-state index in [0.717, 1.165) is 0 Å². The summed E-state index contributed by atoms with van der Waals surface area (Å²) in [7, 11) is 0. The summed E-state index contributed by atoms with van der Waals surface area (Å²) in [5.74, 6) is -1.14. The molecule has 2 fully saturated rings. The van der Waals surface area contributed by atoms with Gasteiger partial charge < -0.3 is 15.0 Å². The van der Waals surface area contributed by atoms with Gasteiger partial charge in [0.15, 0.2) is 11.8 Å². The highest BCUT2D eigenvalue weighted by Crippen LogP contribution is 2.55. The topological polar surface area (TPSA) is 96.0 Å². The Labute approximate surface area is 169 Å². The minimum absolute atomic E-state index is 0.115. The van der Waals surface area contributed by atoms with Crippen molar-refractivity contribution in [3.63, 3.8) is 0 Å². The van der Waals surface area contributed by atoms with Gasteiger partial charge in [0, 0.05) is 25.8 Å². The fourth-order valence-corrected chi connectivity index (χ4v) is 5.02. The number of carbonyl (C=O) groups excluding carboxylic acids is 4. The number of nitrogens with one attached hydrogen (secondary N) is 1. The first-order valence-electron chi connectivity index (χ1n) is 9.89. The predicted octanol–water partition coefficient (Wildman–Crippen LogP) is 1.28. The Kier molecular flexibility index (Phi) is 4.40. The zero-order valence-corrected chi connectivity index (χ0v) is 17.0. The Morgan fingerprint density at radius 2 is 1.93 bits per heavy atom. The predicted molar refractivity (Wildman–Crippen MR) is 103 cm³/mol. The maximum Gasteiger partial charge on any atom is 0.303 e. The number of carbonyl (C=O) groups is 4. The fourth-order valence-electron chi connectivity index (χ4n) is 5.02. The highest BCUT2D eigenvalue weighted by molar-refractivity contribution is 6.02. The summed E-state index contributed by atoms with van der Waals surface area (Å²) >= 11 is 0. The van der Waals surface area contributed by atoms with Crippen molar-refractivity contribution >= 4 is 29.4 Å². The van der Waals surface area contributed by atoms with E-state index >= 15 is 0 Å². The van der Waals surface area contributed by atoms with Crippen LogP contribution in [0.5, 0.6) is 0 Å². The molecule has 4 atom stereocenters. The maximum atomic E-state index is 13.4. The molecule has 3 aliphatic heterocycles. The fraction of sp³-hybridized carbons (Fsp3) is 0.524. The molecule has 8 heteroatoms. The summed E-state index contributed by atoms with van der Waals surface area (Å²) in [5, 5.41) is 2.82. The highest BCUT2D eigenvalue weighted by atomic mass is 16.6. The number of anilines is 1. The van der Waals surface area contributed by atoms with Crippen molar-refractivity contribution in [1.29, 1.82) is 0 Å². The largest absolute Gasteiger partial charge is 0.450 e. The van der Waals surface area contributed by atoms with Crippen LogP contribution in [0.2, 0.25) is 0 Å². The molecule has 1 N–H and O–H groups in total. The lowest BCUT2D eigenvalue weighted by molar-refractivity contribution is -0.163. The van der Waals surface area contributed by atoms with Crippen molar-refractivity contribution in [2.24, 2.45) is 5.92 Å². The molecule has 3 aliphatic rings. The lowest BCUT2D eigenvalue weighted by Gasteiger charge is -2.41. The zero-order chi connectivity index (χ0) is 21.1. The molecule has 0 aromatic heterocycles. The molecule has 4 rings (SSSR count). The van der Waals surface area contributed by atoms with Gasteiger partial charge >= 0.3 is 5.97 Å². The maximum absolute atomic E-state index is 13.4. The van der Waals surface area contributed by atoms with Crippen molar-refractivity contribution in [3.05, 3.63) is 29.8 Å². The molecule has 0 saturated carbocycles. The smallest absolute Gasteiger partial charge is 0.303 e. The number of para-hydroxylation sites is 1. The first-order chi connectivity index (χ1) is 13.7. The number of hydrogen-bond acceptors (Lipinski definition) is 5. The van der Waals surface area contributed by atoms with E-state index in [1.54, 1.807) is 24.3 Å². The molecule has 8 nitrogen and oxygen atoms in total. The second-order valence-corrected chi connectivity index (χ2v) is 8.42. The average Bonchev–Trinajstić information content (AvgIpc) is 3.08. The molecule has 1 aromatic carbocycles. The summed E-state index contributed by atoms with van der Waals surface area (Å²) in [6.07, 6.45) is -0.266. The van der Waals surface area contributed by atoms with Crippen LogP contribution in [0.15, 0.2) is 24.3 Å². The second kappa shape index (κ2) is 6.57. The second-order valence-electron chi connectivity index (χ2n) is 8.42. The number of esters is 1. The number of ether oxygens (including phenoxy) is 1. The molecule has 0 aliphatic carbocycles. The Bertz CT molecular complexity index is 913. The van der Waals surface area contributed by atoms with Crippen LogP contribution in [0.1, 0.15) is 46.1 Å². The third kappa shape index (κ3) is 2.73. The van der Waals surface area contributed by atoms with Crippen LogP contribution in [0, 0.1) is 5.92 Å². The molecule has 0 unspecified atom stereocenters. The van der Waals surface area contributed by atoms with Crippen LogP contribution in [0.4, 0.5) is 5.69 Å². The lowest BCUT2D eigenvalue weighted by Crippen LogP contribution is -2.66. The summed E-state index contributed by atoms with van der Waals surface area (Å²) in [6.45, 7) is 6.66. The number of nitrogens with zero attached hydrogens (tertiary/aromatic N) is 2. The molecular weight excluding hydrogens is 374 g/mol. The van der Waals surface area contributed by atoms with Gasteiger partial charge in [0.2, 0.25) is 17.7 Å². The molecule has 3 amide bonds. The number of rotatable bonds is 3. The van der Waals surface area contributed by atoms with Gasteiger partial charge in [-0.25, -0.2) is 0 Å². The third-order valence-corrected chi connectivity index (χ3v) is 5.92. The first kappa shape index (κ1) is 19.4. The molecule has 1 aromatic rings. The summed E-state index contributed by atoms with van der Waals surface area (Å²) in [6, 6.07) is 5.69. The number of fused-ring (bicyclic) bond motifs is 5. The molecule has 154 valence electrons. The van der Waals surface area contributed by atoms with E-state index in [0.29, 0.717) is 17.7 Å². The van der Waals surface area contributed by atoms with Gasteiger partial charge in [-0.15, -0.1) is 0 Å². The number of hydrogen-bond donors (Lipinski definition) is 1. The van der Waals surface area contributed by atoms with Crippen LogP contribution in [0.3, 0.4) is 0 Å². The van der Waals surface area contributed by atoms with Gasteiger partial charge in [0.05, 0.1) is 5.69 Å². The lowest BCUT2D eigenvalue weighted by atomic mass is 9.90. The standard InChI is InChI=1S/C21H25N3O5/c1-11(2)9-15-19(28)24-17(18(27)22-15)10-21(29-13(4)26)14-7-5-6-8-16(14)23(12(3)25)20(21)24/h5-8,11,15,17,20H,9-10H2,1-4H3,(H,22,27)/t15-,17+,20-,21-/m0/s1. The molecule has 0 bridgehead atoms. The van der Waals surface area contributed by atoms with E-state index < -0.39 is 29.8 Å². The molecule has 0 radical (unpaired) electrons. The van der Waals surface area contributed by atoms with E-state index in [9.17, 15) is 19.2 Å². The Morgan fingerprint density at radius 3 is 2.55 bits per heavy atom. The quantitative estimate of drug-likeness (QED) is 0.773. The molecule has 2 saturated heterocycles. The Hall–Kier alpha value is -2.90. The average molecular weight is 399 g/mol. The molecule has 0 spiro atoms. The van der Waals surface area contributed by atoms with Crippen molar-refractivity contribution < 1.29 is 23.9 Å². The van der Waals surface area contributed by atoms with Crippen LogP contribution < -0.4 is 10.2 Å². The summed E-state index contributed by atoms with van der Waals surface area (Å²) < 4.78 is 5.83. The number of amides is 3. The number of piperazine rings is 1. The SMILES string of the molecule is CC(=O)O[C@]12C[C@@H]3C(=O)N[C@@H](CC(C)C)C(=O)N3[C@@H]1N(C(C)=O)c1ccccc12. The van der Waals surface area contributed by atoms with Crippen LogP contribution in [-0.2, 0) is 29.5 Å². The van der Waals surface area contributed by atoms with Gasteiger partial charge in [0.1, 0.15) is 12.1 Å². The number of benzene rings is 1. The first-order valence-corrected chi connectivity index (χ1v) is 9.89. The van der Waals surface area contributed by atoms with Crippen LogP contribution in [-0.4, -0.2) is 46.8 Å². The molecular formula is C21H25N3O5. The van der Waals surface area contributed by atoms with E-state index in [4.69, 9.17) is 4.74 Å². The van der Waals surface area contributed by atoms with Crippen molar-refractivity contribution in [2.45, 2.75) is 64.4 Å². The van der Waals surface area contributed by atoms with E-state index in [2.05, 4.69) is 5.32 Å². The highest BCUT2D eigenvalue weighted by Gasteiger charge is 2.68. The minimum atomic E-state index is -1.27. The van der Waals surface area contributed by atoms with E-state index in [1.807, 2.05) is 13.8 Å². The van der Waals surface area contributed by atoms with Crippen molar-refractivity contribution in [2.75, 3.05) is 4.90 Å².